The van der Waals surface area contributed by atoms with Gasteiger partial charge in [-0.15, -0.1) is 0 Å². The molecule has 1 aromatic heterocycles. The van der Waals surface area contributed by atoms with Crippen LogP contribution in [0.2, 0.25) is 0 Å². The highest BCUT2D eigenvalue weighted by molar-refractivity contribution is 6.02. The van der Waals surface area contributed by atoms with E-state index in [0.717, 1.165) is 19.3 Å². The lowest BCUT2D eigenvalue weighted by atomic mass is 9.80. The maximum absolute atomic E-state index is 13.8. The molecule has 120 valence electrons. The van der Waals surface area contributed by atoms with E-state index in [-0.39, 0.29) is 23.2 Å². The first kappa shape index (κ1) is 15.4. The largest absolute Gasteiger partial charge is 0.461 e. The Bertz CT molecular complexity index is 700. The zero-order chi connectivity index (χ0) is 16.2. The summed E-state index contributed by atoms with van der Waals surface area (Å²) in [7, 11) is 0. The van der Waals surface area contributed by atoms with Crippen molar-refractivity contribution < 1.29 is 18.3 Å². The zero-order valence-corrected chi connectivity index (χ0v) is 12.4. The van der Waals surface area contributed by atoms with Crippen LogP contribution in [0.3, 0.4) is 0 Å². The Morgan fingerprint density at radius 3 is 2.74 bits per heavy atom. The summed E-state index contributed by atoms with van der Waals surface area (Å²) in [5.74, 6) is -0.165. The molecule has 1 heterocycles. The zero-order valence-electron chi connectivity index (χ0n) is 12.4. The van der Waals surface area contributed by atoms with E-state index < -0.39 is 12.8 Å². The van der Waals surface area contributed by atoms with E-state index in [1.165, 1.54) is 30.5 Å². The number of carbonyl (C=O) groups is 1. The number of ether oxygens (including phenoxy) is 1. The maximum atomic E-state index is 13.8. The maximum Gasteiger partial charge on any atom is 0.274 e. The fraction of sp³-hybridized carbons (Fsp3) is 0.294. The Labute approximate surface area is 132 Å². The topological polar surface area (TPSA) is 51.2 Å². The van der Waals surface area contributed by atoms with Gasteiger partial charge in [-0.05, 0) is 54.7 Å². The fourth-order valence-corrected chi connectivity index (χ4v) is 2.51. The summed E-state index contributed by atoms with van der Waals surface area (Å²) in [6, 6.07) is 7.48. The number of nitrogens with one attached hydrogen (secondary N) is 1. The van der Waals surface area contributed by atoms with Gasteiger partial charge >= 0.3 is 0 Å². The Morgan fingerprint density at radius 1 is 1.30 bits per heavy atom. The van der Waals surface area contributed by atoms with Crippen LogP contribution in [0.1, 0.15) is 41.2 Å². The van der Waals surface area contributed by atoms with E-state index in [1.807, 2.05) is 0 Å². The molecule has 1 amide bonds. The first-order valence-corrected chi connectivity index (χ1v) is 7.43. The minimum Gasteiger partial charge on any atom is -0.461 e. The SMILES string of the molecule is O=C(Nc1ccc(F)c(C2CCC2)c1)c1ccc(OCF)cn1. The molecule has 3 rings (SSSR count). The van der Waals surface area contributed by atoms with Gasteiger partial charge in [0.1, 0.15) is 17.3 Å². The number of benzene rings is 1. The van der Waals surface area contributed by atoms with Crippen molar-refractivity contribution in [2.45, 2.75) is 25.2 Å². The van der Waals surface area contributed by atoms with Crippen LogP contribution in [-0.2, 0) is 0 Å². The van der Waals surface area contributed by atoms with Crippen molar-refractivity contribution in [2.75, 3.05) is 12.2 Å². The average Bonchev–Trinajstić information content (AvgIpc) is 2.50. The number of nitrogens with zero attached hydrogens (tertiary/aromatic N) is 1. The molecule has 1 aromatic carbocycles. The Kier molecular flexibility index (Phi) is 4.50. The number of carbonyl (C=O) groups excluding carboxylic acids is 1. The summed E-state index contributed by atoms with van der Waals surface area (Å²) in [6.45, 7) is -0.952. The number of rotatable bonds is 5. The summed E-state index contributed by atoms with van der Waals surface area (Å²) in [5.41, 5.74) is 1.35. The van der Waals surface area contributed by atoms with E-state index in [2.05, 4.69) is 15.0 Å². The standard InChI is InChI=1S/C17H16F2N2O2/c18-10-23-13-5-7-16(20-9-13)17(22)21-12-4-6-15(19)14(8-12)11-2-1-3-11/h4-9,11H,1-3,10H2,(H,21,22). The molecule has 4 nitrogen and oxygen atoms in total. The fourth-order valence-electron chi connectivity index (χ4n) is 2.51. The third-order valence-corrected chi connectivity index (χ3v) is 3.99. The van der Waals surface area contributed by atoms with Crippen LogP contribution in [0.25, 0.3) is 0 Å². The number of hydrogen-bond acceptors (Lipinski definition) is 3. The first-order chi connectivity index (χ1) is 11.2. The molecule has 2 aromatic rings. The van der Waals surface area contributed by atoms with Gasteiger partial charge in [0.25, 0.3) is 5.91 Å². The Balaban J connectivity index is 1.72. The predicted octanol–water partition coefficient (Wildman–Crippen LogP) is 4.05. The quantitative estimate of drug-likeness (QED) is 0.905. The number of hydrogen-bond donors (Lipinski definition) is 1. The molecule has 1 aliphatic carbocycles. The number of anilines is 1. The summed E-state index contributed by atoms with van der Waals surface area (Å²) >= 11 is 0. The molecule has 0 radical (unpaired) electrons. The van der Waals surface area contributed by atoms with Crippen molar-refractivity contribution in [1.82, 2.24) is 4.98 Å². The number of alkyl halides is 1. The van der Waals surface area contributed by atoms with E-state index in [9.17, 15) is 13.6 Å². The van der Waals surface area contributed by atoms with E-state index in [0.29, 0.717) is 11.3 Å². The van der Waals surface area contributed by atoms with Crippen LogP contribution >= 0.6 is 0 Å². The van der Waals surface area contributed by atoms with E-state index in [4.69, 9.17) is 0 Å². The normalized spacial score (nSPS) is 14.2. The van der Waals surface area contributed by atoms with Crippen molar-refractivity contribution >= 4 is 11.6 Å². The molecule has 23 heavy (non-hydrogen) atoms. The van der Waals surface area contributed by atoms with Crippen LogP contribution in [-0.4, -0.2) is 17.8 Å². The Hall–Kier alpha value is -2.50. The van der Waals surface area contributed by atoms with Gasteiger partial charge in [0.15, 0.2) is 0 Å². The van der Waals surface area contributed by atoms with Gasteiger partial charge in [0, 0.05) is 5.69 Å². The minimum atomic E-state index is -0.952. The smallest absolute Gasteiger partial charge is 0.274 e. The molecular weight excluding hydrogens is 302 g/mol. The molecular formula is C17H16F2N2O2. The van der Waals surface area contributed by atoms with Gasteiger partial charge in [0.05, 0.1) is 6.20 Å². The van der Waals surface area contributed by atoms with Gasteiger partial charge < -0.3 is 10.1 Å². The lowest BCUT2D eigenvalue weighted by Gasteiger charge is -2.26. The van der Waals surface area contributed by atoms with E-state index >= 15 is 0 Å². The third-order valence-electron chi connectivity index (χ3n) is 3.99. The van der Waals surface area contributed by atoms with Crippen LogP contribution in [0.15, 0.2) is 36.5 Å². The lowest BCUT2D eigenvalue weighted by Crippen LogP contribution is -2.15. The molecule has 0 saturated heterocycles. The lowest BCUT2D eigenvalue weighted by molar-refractivity contribution is 0.102. The van der Waals surface area contributed by atoms with Gasteiger partial charge in [-0.1, -0.05) is 6.42 Å². The van der Waals surface area contributed by atoms with Crippen LogP contribution in [0, 0.1) is 5.82 Å². The number of halogens is 2. The molecule has 1 saturated carbocycles. The second-order valence-electron chi connectivity index (χ2n) is 5.45. The monoisotopic (exact) mass is 318 g/mol. The number of aromatic nitrogens is 1. The highest BCUT2D eigenvalue weighted by atomic mass is 19.1. The van der Waals surface area contributed by atoms with Crippen molar-refractivity contribution in [2.24, 2.45) is 0 Å². The summed E-state index contributed by atoms with van der Waals surface area (Å²) in [5, 5.41) is 2.70. The van der Waals surface area contributed by atoms with Crippen LogP contribution in [0.5, 0.6) is 5.75 Å². The number of pyridine rings is 1. The molecule has 0 bridgehead atoms. The van der Waals surface area contributed by atoms with Crippen LogP contribution < -0.4 is 10.1 Å². The molecule has 0 atom stereocenters. The molecule has 1 aliphatic rings. The number of amides is 1. The molecule has 0 spiro atoms. The van der Waals surface area contributed by atoms with Crippen molar-refractivity contribution in [1.29, 1.82) is 0 Å². The van der Waals surface area contributed by atoms with Crippen molar-refractivity contribution in [3.8, 4) is 5.75 Å². The first-order valence-electron chi connectivity index (χ1n) is 7.43. The van der Waals surface area contributed by atoms with Crippen LogP contribution in [0.4, 0.5) is 14.5 Å². The van der Waals surface area contributed by atoms with Gasteiger partial charge in [-0.3, -0.25) is 4.79 Å². The van der Waals surface area contributed by atoms with Crippen molar-refractivity contribution in [3.63, 3.8) is 0 Å². The second-order valence-corrected chi connectivity index (χ2v) is 5.45. The highest BCUT2D eigenvalue weighted by Crippen LogP contribution is 2.38. The Morgan fingerprint density at radius 2 is 2.13 bits per heavy atom. The van der Waals surface area contributed by atoms with Gasteiger partial charge in [0.2, 0.25) is 6.86 Å². The molecule has 6 heteroatoms. The van der Waals surface area contributed by atoms with E-state index in [1.54, 1.807) is 6.07 Å². The summed E-state index contributed by atoms with van der Waals surface area (Å²) in [4.78, 5) is 16.1. The predicted molar refractivity (Wildman–Crippen MR) is 81.8 cm³/mol. The molecule has 1 N–H and O–H groups in total. The molecule has 0 unspecified atom stereocenters. The minimum absolute atomic E-state index is 0.172. The molecule has 1 fully saturated rings. The average molecular weight is 318 g/mol. The van der Waals surface area contributed by atoms with Gasteiger partial charge in [-0.25, -0.2) is 13.8 Å². The third kappa shape index (κ3) is 3.47. The summed E-state index contributed by atoms with van der Waals surface area (Å²) < 4.78 is 30.5. The second kappa shape index (κ2) is 6.73. The van der Waals surface area contributed by atoms with Crippen molar-refractivity contribution in [3.05, 3.63) is 53.6 Å². The molecule has 0 aliphatic heterocycles. The summed E-state index contributed by atoms with van der Waals surface area (Å²) in [6.07, 6.45) is 4.34. The van der Waals surface area contributed by atoms with Gasteiger partial charge in [-0.2, -0.15) is 0 Å². The highest BCUT2D eigenvalue weighted by Gasteiger charge is 2.23.